The molecule has 94 valence electrons. The Morgan fingerprint density at radius 1 is 1.11 bits per heavy atom. The molecule has 2 N–H and O–H groups in total. The summed E-state index contributed by atoms with van der Waals surface area (Å²) in [5.41, 5.74) is 1.65. The van der Waals surface area contributed by atoms with Crippen LogP contribution >= 0.6 is 0 Å². The summed E-state index contributed by atoms with van der Waals surface area (Å²) in [5, 5.41) is 19.0. The highest BCUT2D eigenvalue weighted by atomic mass is 16.5. The summed E-state index contributed by atoms with van der Waals surface area (Å²) >= 11 is 0. The van der Waals surface area contributed by atoms with E-state index in [9.17, 15) is 10.2 Å². The minimum absolute atomic E-state index is 0.222. The first kappa shape index (κ1) is 12.5. The third-order valence-electron chi connectivity index (χ3n) is 2.67. The summed E-state index contributed by atoms with van der Waals surface area (Å²) in [7, 11) is 0. The van der Waals surface area contributed by atoms with E-state index in [1.807, 2.05) is 30.3 Å². The molecule has 0 aromatic heterocycles. The van der Waals surface area contributed by atoms with E-state index in [4.69, 9.17) is 4.74 Å². The summed E-state index contributed by atoms with van der Waals surface area (Å²) in [4.78, 5) is 0. The molecule has 2 aromatic rings. The molecule has 0 spiro atoms. The zero-order chi connectivity index (χ0) is 13.0. The molecular weight excluding hydrogens is 228 g/mol. The van der Waals surface area contributed by atoms with E-state index in [1.54, 1.807) is 25.1 Å². The summed E-state index contributed by atoms with van der Waals surface area (Å²) in [6.45, 7) is 2.06. The molecule has 2 aromatic carbocycles. The maximum atomic E-state index is 9.63. The Balaban J connectivity index is 2.11. The number of aliphatic hydroxyl groups is 1. The number of aliphatic hydroxyl groups excluding tert-OH is 1. The summed E-state index contributed by atoms with van der Waals surface area (Å²) < 4.78 is 5.67. The molecule has 0 heterocycles. The topological polar surface area (TPSA) is 49.7 Å². The van der Waals surface area contributed by atoms with Gasteiger partial charge in [-0.25, -0.2) is 0 Å². The predicted octanol–water partition coefficient (Wildman–Crippen LogP) is 3.02. The molecule has 0 saturated carbocycles. The minimum Gasteiger partial charge on any atom is -0.508 e. The second kappa shape index (κ2) is 5.56. The Morgan fingerprint density at radius 2 is 1.89 bits per heavy atom. The number of phenols is 1. The highest BCUT2D eigenvalue weighted by molar-refractivity contribution is 5.35. The fourth-order valence-electron chi connectivity index (χ4n) is 1.76. The van der Waals surface area contributed by atoms with Crippen molar-refractivity contribution in [2.75, 3.05) is 0 Å². The Kier molecular flexibility index (Phi) is 3.85. The van der Waals surface area contributed by atoms with Gasteiger partial charge in [0.25, 0.3) is 0 Å². The smallest absolute Gasteiger partial charge is 0.125 e. The van der Waals surface area contributed by atoms with E-state index in [1.165, 1.54) is 0 Å². The van der Waals surface area contributed by atoms with Crippen molar-refractivity contribution in [3.63, 3.8) is 0 Å². The van der Waals surface area contributed by atoms with Gasteiger partial charge in [-0.15, -0.1) is 0 Å². The SMILES string of the molecule is C[C@H](O)c1ccccc1OCc1cccc(O)c1. The van der Waals surface area contributed by atoms with Gasteiger partial charge in [-0.1, -0.05) is 30.3 Å². The highest BCUT2D eigenvalue weighted by Crippen LogP contribution is 2.25. The van der Waals surface area contributed by atoms with Crippen molar-refractivity contribution in [1.29, 1.82) is 0 Å². The fraction of sp³-hybridized carbons (Fsp3) is 0.200. The van der Waals surface area contributed by atoms with Crippen molar-refractivity contribution < 1.29 is 14.9 Å². The largest absolute Gasteiger partial charge is 0.508 e. The molecule has 0 radical (unpaired) electrons. The summed E-state index contributed by atoms with van der Waals surface area (Å²) in [6.07, 6.45) is -0.564. The molecule has 3 heteroatoms. The van der Waals surface area contributed by atoms with Crippen LogP contribution in [0.2, 0.25) is 0 Å². The third-order valence-corrected chi connectivity index (χ3v) is 2.67. The minimum atomic E-state index is -0.564. The van der Waals surface area contributed by atoms with Crippen LogP contribution in [0.25, 0.3) is 0 Å². The molecule has 18 heavy (non-hydrogen) atoms. The van der Waals surface area contributed by atoms with Crippen molar-refractivity contribution in [2.24, 2.45) is 0 Å². The second-order valence-corrected chi connectivity index (χ2v) is 4.17. The maximum absolute atomic E-state index is 9.63. The molecule has 0 saturated heterocycles. The lowest BCUT2D eigenvalue weighted by molar-refractivity contribution is 0.190. The Labute approximate surface area is 106 Å². The first-order chi connectivity index (χ1) is 8.66. The number of rotatable bonds is 4. The number of hydrogen-bond donors (Lipinski definition) is 2. The quantitative estimate of drug-likeness (QED) is 0.869. The Hall–Kier alpha value is -2.00. The summed E-state index contributed by atoms with van der Waals surface area (Å²) in [6, 6.07) is 14.3. The van der Waals surface area contributed by atoms with Crippen LogP contribution in [-0.2, 0) is 6.61 Å². The third kappa shape index (κ3) is 3.02. The van der Waals surface area contributed by atoms with Gasteiger partial charge in [0.1, 0.15) is 18.1 Å². The van der Waals surface area contributed by atoms with Crippen molar-refractivity contribution in [1.82, 2.24) is 0 Å². The van der Waals surface area contributed by atoms with Crippen LogP contribution in [0.5, 0.6) is 11.5 Å². The van der Waals surface area contributed by atoms with Crippen molar-refractivity contribution >= 4 is 0 Å². The predicted molar refractivity (Wildman–Crippen MR) is 69.5 cm³/mol. The standard InChI is InChI=1S/C15H16O3/c1-11(16)14-7-2-3-8-15(14)18-10-12-5-4-6-13(17)9-12/h2-9,11,16-17H,10H2,1H3/t11-/m0/s1. The number of phenolic OH excluding ortho intramolecular Hbond substituents is 1. The van der Waals surface area contributed by atoms with Crippen molar-refractivity contribution in [3.05, 3.63) is 59.7 Å². The van der Waals surface area contributed by atoms with E-state index in [0.717, 1.165) is 11.1 Å². The number of aromatic hydroxyl groups is 1. The number of ether oxygens (including phenoxy) is 1. The molecule has 0 aliphatic rings. The Morgan fingerprint density at radius 3 is 2.61 bits per heavy atom. The van der Waals surface area contributed by atoms with Gasteiger partial charge in [0.2, 0.25) is 0 Å². The first-order valence-corrected chi connectivity index (χ1v) is 5.84. The van der Waals surface area contributed by atoms with E-state index in [-0.39, 0.29) is 5.75 Å². The number of para-hydroxylation sites is 1. The van der Waals surface area contributed by atoms with Crippen LogP contribution in [0.1, 0.15) is 24.2 Å². The van der Waals surface area contributed by atoms with Crippen LogP contribution < -0.4 is 4.74 Å². The second-order valence-electron chi connectivity index (χ2n) is 4.17. The monoisotopic (exact) mass is 244 g/mol. The normalized spacial score (nSPS) is 12.1. The lowest BCUT2D eigenvalue weighted by atomic mass is 10.1. The molecule has 1 atom stereocenters. The average molecular weight is 244 g/mol. The molecule has 0 fully saturated rings. The van der Waals surface area contributed by atoms with Crippen LogP contribution in [0.15, 0.2) is 48.5 Å². The fourth-order valence-corrected chi connectivity index (χ4v) is 1.76. The molecule has 0 aliphatic carbocycles. The highest BCUT2D eigenvalue weighted by Gasteiger charge is 2.08. The van der Waals surface area contributed by atoms with Crippen LogP contribution in [-0.4, -0.2) is 10.2 Å². The van der Waals surface area contributed by atoms with Gasteiger partial charge in [-0.3, -0.25) is 0 Å². The van der Waals surface area contributed by atoms with Gasteiger partial charge in [0, 0.05) is 5.56 Å². The van der Waals surface area contributed by atoms with E-state index < -0.39 is 6.10 Å². The van der Waals surface area contributed by atoms with E-state index in [0.29, 0.717) is 12.4 Å². The molecule has 2 rings (SSSR count). The Bertz CT molecular complexity index is 521. The van der Waals surface area contributed by atoms with Crippen LogP contribution in [0.4, 0.5) is 0 Å². The van der Waals surface area contributed by atoms with Gasteiger partial charge < -0.3 is 14.9 Å². The molecule has 0 aliphatic heterocycles. The van der Waals surface area contributed by atoms with Crippen molar-refractivity contribution in [2.45, 2.75) is 19.6 Å². The molecule has 0 bridgehead atoms. The van der Waals surface area contributed by atoms with Gasteiger partial charge >= 0.3 is 0 Å². The maximum Gasteiger partial charge on any atom is 0.125 e. The molecule has 3 nitrogen and oxygen atoms in total. The summed E-state index contributed by atoms with van der Waals surface area (Å²) in [5.74, 6) is 0.885. The molecule has 0 amide bonds. The van der Waals surface area contributed by atoms with Gasteiger partial charge in [0.15, 0.2) is 0 Å². The number of hydrogen-bond acceptors (Lipinski definition) is 3. The van der Waals surface area contributed by atoms with Crippen LogP contribution in [0.3, 0.4) is 0 Å². The lowest BCUT2D eigenvalue weighted by Crippen LogP contribution is -2.00. The van der Waals surface area contributed by atoms with Gasteiger partial charge in [-0.05, 0) is 30.7 Å². The van der Waals surface area contributed by atoms with Gasteiger partial charge in [0.05, 0.1) is 6.10 Å². The number of benzene rings is 2. The zero-order valence-electron chi connectivity index (χ0n) is 10.2. The van der Waals surface area contributed by atoms with Crippen molar-refractivity contribution in [3.8, 4) is 11.5 Å². The van der Waals surface area contributed by atoms with E-state index in [2.05, 4.69) is 0 Å². The first-order valence-electron chi connectivity index (χ1n) is 5.84. The van der Waals surface area contributed by atoms with Gasteiger partial charge in [-0.2, -0.15) is 0 Å². The molecule has 0 unspecified atom stereocenters. The average Bonchev–Trinajstić information content (AvgIpc) is 2.37. The van der Waals surface area contributed by atoms with E-state index >= 15 is 0 Å². The van der Waals surface area contributed by atoms with Crippen LogP contribution in [0, 0.1) is 0 Å². The lowest BCUT2D eigenvalue weighted by Gasteiger charge is -2.13. The molecular formula is C15H16O3. The zero-order valence-corrected chi connectivity index (χ0v) is 10.2.